The predicted molar refractivity (Wildman–Crippen MR) is 70.8 cm³/mol. The number of sulfone groups is 1. The fourth-order valence-electron chi connectivity index (χ4n) is 1.65. The molecule has 2 aromatic carbocycles. The highest BCUT2D eigenvalue weighted by Crippen LogP contribution is 2.35. The van der Waals surface area contributed by atoms with Gasteiger partial charge in [-0.1, -0.05) is 17.7 Å². The maximum absolute atomic E-state index is 12.4. The second kappa shape index (κ2) is 4.47. The molecule has 0 aliphatic carbocycles. The minimum Gasteiger partial charge on any atom is -0.504 e. The van der Waals surface area contributed by atoms with Crippen LogP contribution in [-0.2, 0) is 9.84 Å². The quantitative estimate of drug-likeness (QED) is 0.442. The van der Waals surface area contributed by atoms with Gasteiger partial charge in [0.1, 0.15) is 0 Å². The molecule has 0 amide bonds. The molecule has 19 heavy (non-hydrogen) atoms. The van der Waals surface area contributed by atoms with Gasteiger partial charge < -0.3 is 15.9 Å². The molecule has 0 saturated heterocycles. The van der Waals surface area contributed by atoms with Crippen LogP contribution in [0, 0.1) is 6.92 Å². The van der Waals surface area contributed by atoms with E-state index in [1.807, 2.05) is 6.92 Å². The highest BCUT2D eigenvalue weighted by molar-refractivity contribution is 7.91. The van der Waals surface area contributed by atoms with E-state index in [1.165, 1.54) is 12.1 Å². The van der Waals surface area contributed by atoms with E-state index >= 15 is 0 Å². The zero-order valence-corrected chi connectivity index (χ0v) is 11.0. The Bertz CT molecular complexity index is 721. The summed E-state index contributed by atoms with van der Waals surface area (Å²) in [6, 6.07) is 8.23. The molecule has 0 aliphatic rings. The lowest BCUT2D eigenvalue weighted by molar-refractivity contribution is 0.402. The topological polar surface area (TPSA) is 101 Å². The molecule has 0 aromatic heterocycles. The van der Waals surface area contributed by atoms with Crippen LogP contribution in [0.4, 0.5) is 5.69 Å². The molecule has 0 atom stereocenters. The van der Waals surface area contributed by atoms with Gasteiger partial charge in [-0.3, -0.25) is 0 Å². The summed E-state index contributed by atoms with van der Waals surface area (Å²) in [6.07, 6.45) is 0. The first kappa shape index (κ1) is 13.2. The summed E-state index contributed by atoms with van der Waals surface area (Å²) in [6.45, 7) is 1.84. The van der Waals surface area contributed by atoms with Gasteiger partial charge in [-0.05, 0) is 19.1 Å². The van der Waals surface area contributed by atoms with Crippen LogP contribution < -0.4 is 5.73 Å². The summed E-state index contributed by atoms with van der Waals surface area (Å²) >= 11 is 0. The largest absolute Gasteiger partial charge is 0.504 e. The fraction of sp³-hybridized carbons (Fsp3) is 0.0769. The lowest BCUT2D eigenvalue weighted by Crippen LogP contribution is -2.05. The first-order chi connectivity index (χ1) is 8.82. The van der Waals surface area contributed by atoms with Crippen molar-refractivity contribution in [1.29, 1.82) is 0 Å². The Balaban J connectivity index is 2.63. The molecule has 0 bridgehead atoms. The molecule has 2 rings (SSSR count). The number of phenols is 2. The maximum atomic E-state index is 12.4. The highest BCUT2D eigenvalue weighted by Gasteiger charge is 2.22. The summed E-state index contributed by atoms with van der Waals surface area (Å²) in [7, 11) is -3.82. The number of nitrogen functional groups attached to an aromatic ring is 1. The van der Waals surface area contributed by atoms with Gasteiger partial charge in [0, 0.05) is 12.1 Å². The van der Waals surface area contributed by atoms with Gasteiger partial charge >= 0.3 is 0 Å². The van der Waals surface area contributed by atoms with Gasteiger partial charge in [-0.25, -0.2) is 8.42 Å². The Morgan fingerprint density at radius 3 is 2.11 bits per heavy atom. The molecule has 0 radical (unpaired) electrons. The number of anilines is 1. The normalized spacial score (nSPS) is 11.4. The number of nitrogens with two attached hydrogens (primary N) is 1. The third kappa shape index (κ3) is 2.34. The Labute approximate surface area is 110 Å². The number of benzene rings is 2. The zero-order valence-electron chi connectivity index (χ0n) is 10.2. The first-order valence-electron chi connectivity index (χ1n) is 5.45. The molecule has 6 heteroatoms. The van der Waals surface area contributed by atoms with Crippen molar-refractivity contribution in [3.05, 3.63) is 42.0 Å². The van der Waals surface area contributed by atoms with Gasteiger partial charge in [0.15, 0.2) is 11.5 Å². The molecule has 0 saturated carbocycles. The van der Waals surface area contributed by atoms with Crippen molar-refractivity contribution in [2.75, 3.05) is 5.73 Å². The number of phenolic OH excluding ortho intramolecular Hbond substituents is 2. The van der Waals surface area contributed by atoms with Crippen LogP contribution in [0.25, 0.3) is 0 Å². The third-order valence-corrected chi connectivity index (χ3v) is 4.55. The summed E-state index contributed by atoms with van der Waals surface area (Å²) in [5.41, 5.74) is 6.41. The van der Waals surface area contributed by atoms with Gasteiger partial charge in [0.05, 0.1) is 15.5 Å². The lowest BCUT2D eigenvalue weighted by atomic mass is 10.2. The SMILES string of the molecule is Cc1ccc(S(=O)(=O)c2cc(O)c(O)cc2N)cc1. The van der Waals surface area contributed by atoms with Crippen LogP contribution in [0.1, 0.15) is 5.56 Å². The first-order valence-corrected chi connectivity index (χ1v) is 6.94. The average Bonchev–Trinajstić information content (AvgIpc) is 2.34. The summed E-state index contributed by atoms with van der Waals surface area (Å²) < 4.78 is 24.7. The molecule has 5 nitrogen and oxygen atoms in total. The second-order valence-corrected chi connectivity index (χ2v) is 6.11. The second-order valence-electron chi connectivity index (χ2n) is 4.20. The van der Waals surface area contributed by atoms with E-state index in [-0.39, 0.29) is 15.5 Å². The molecular weight excluding hydrogens is 266 g/mol. The van der Waals surface area contributed by atoms with Crippen molar-refractivity contribution in [1.82, 2.24) is 0 Å². The average molecular weight is 279 g/mol. The molecule has 0 spiro atoms. The monoisotopic (exact) mass is 279 g/mol. The lowest BCUT2D eigenvalue weighted by Gasteiger charge is -2.09. The van der Waals surface area contributed by atoms with Gasteiger partial charge in [-0.15, -0.1) is 0 Å². The van der Waals surface area contributed by atoms with E-state index in [4.69, 9.17) is 5.73 Å². The number of rotatable bonds is 2. The van der Waals surface area contributed by atoms with Crippen molar-refractivity contribution < 1.29 is 18.6 Å². The standard InChI is InChI=1S/C13H13NO4S/c1-8-2-4-9(5-3-8)19(17,18)13-7-12(16)11(15)6-10(13)14/h2-7,15-16H,14H2,1H3. The number of aryl methyl sites for hydroxylation is 1. The Morgan fingerprint density at radius 2 is 1.53 bits per heavy atom. The minimum atomic E-state index is -3.82. The Kier molecular flexibility index (Phi) is 3.11. The molecular formula is C13H13NO4S. The van der Waals surface area contributed by atoms with Crippen molar-refractivity contribution in [3.8, 4) is 11.5 Å². The molecule has 100 valence electrons. The van der Waals surface area contributed by atoms with Crippen LogP contribution in [0.2, 0.25) is 0 Å². The van der Waals surface area contributed by atoms with Gasteiger partial charge in [0.2, 0.25) is 9.84 Å². The van der Waals surface area contributed by atoms with Crippen LogP contribution in [-0.4, -0.2) is 18.6 Å². The molecule has 4 N–H and O–H groups in total. The highest BCUT2D eigenvalue weighted by atomic mass is 32.2. The van der Waals surface area contributed by atoms with Crippen LogP contribution in [0.3, 0.4) is 0 Å². The molecule has 0 aliphatic heterocycles. The third-order valence-electron chi connectivity index (χ3n) is 2.73. The smallest absolute Gasteiger partial charge is 0.208 e. The van der Waals surface area contributed by atoms with E-state index in [1.54, 1.807) is 12.1 Å². The van der Waals surface area contributed by atoms with Crippen molar-refractivity contribution in [3.63, 3.8) is 0 Å². The van der Waals surface area contributed by atoms with E-state index in [0.29, 0.717) is 0 Å². The summed E-state index contributed by atoms with van der Waals surface area (Å²) in [4.78, 5) is -0.151. The van der Waals surface area contributed by atoms with Crippen molar-refractivity contribution in [2.45, 2.75) is 16.7 Å². The minimum absolute atomic E-state index is 0.0786. The Hall–Kier alpha value is -2.21. The number of hydrogen-bond donors (Lipinski definition) is 3. The molecule has 2 aromatic rings. The molecule has 0 unspecified atom stereocenters. The van der Waals surface area contributed by atoms with Crippen molar-refractivity contribution in [2.24, 2.45) is 0 Å². The van der Waals surface area contributed by atoms with E-state index in [2.05, 4.69) is 0 Å². The van der Waals surface area contributed by atoms with E-state index < -0.39 is 21.3 Å². The van der Waals surface area contributed by atoms with Crippen LogP contribution >= 0.6 is 0 Å². The molecule has 0 heterocycles. The summed E-state index contributed by atoms with van der Waals surface area (Å²) in [5, 5.41) is 18.7. The van der Waals surface area contributed by atoms with Crippen LogP contribution in [0.15, 0.2) is 46.2 Å². The van der Waals surface area contributed by atoms with Gasteiger partial charge in [0.25, 0.3) is 0 Å². The fourth-order valence-corrected chi connectivity index (χ4v) is 3.04. The molecule has 0 fully saturated rings. The summed E-state index contributed by atoms with van der Waals surface area (Å²) in [5.74, 6) is -0.986. The number of aromatic hydroxyl groups is 2. The van der Waals surface area contributed by atoms with E-state index in [0.717, 1.165) is 17.7 Å². The number of hydrogen-bond acceptors (Lipinski definition) is 5. The van der Waals surface area contributed by atoms with Gasteiger partial charge in [-0.2, -0.15) is 0 Å². The zero-order chi connectivity index (χ0) is 14.2. The van der Waals surface area contributed by atoms with Crippen LogP contribution in [0.5, 0.6) is 11.5 Å². The maximum Gasteiger partial charge on any atom is 0.208 e. The van der Waals surface area contributed by atoms with E-state index in [9.17, 15) is 18.6 Å². The van der Waals surface area contributed by atoms with Crippen molar-refractivity contribution >= 4 is 15.5 Å². The Morgan fingerprint density at radius 1 is 1.00 bits per heavy atom. The predicted octanol–water partition coefficient (Wildman–Crippen LogP) is 1.82.